The van der Waals surface area contributed by atoms with Gasteiger partial charge in [-0.15, -0.1) is 0 Å². The van der Waals surface area contributed by atoms with Gasteiger partial charge < -0.3 is 44.8 Å². The van der Waals surface area contributed by atoms with E-state index in [-0.39, 0.29) is 17.2 Å². The minimum absolute atomic E-state index is 0.0731. The average Bonchev–Trinajstić information content (AvgIpc) is 2.72. The topological polar surface area (TPSA) is 149 Å². The smallest absolute Gasteiger partial charge is 0.229 e. The Morgan fingerprint density at radius 1 is 0.867 bits per heavy atom. The Bertz CT molecular complexity index is 876. The zero-order valence-corrected chi connectivity index (χ0v) is 16.1. The van der Waals surface area contributed by atoms with Crippen molar-refractivity contribution in [1.29, 1.82) is 0 Å². The molecule has 3 rings (SSSR count). The molecule has 1 heterocycles. The molecular formula is C21H24O9. The van der Waals surface area contributed by atoms with Gasteiger partial charge in [-0.25, -0.2) is 0 Å². The van der Waals surface area contributed by atoms with E-state index in [1.54, 1.807) is 30.4 Å². The lowest BCUT2D eigenvalue weighted by Gasteiger charge is -2.39. The van der Waals surface area contributed by atoms with Gasteiger partial charge in [-0.2, -0.15) is 0 Å². The highest BCUT2D eigenvalue weighted by Crippen LogP contribution is 2.33. The van der Waals surface area contributed by atoms with Crippen molar-refractivity contribution in [3.63, 3.8) is 0 Å². The molecule has 5 atom stereocenters. The maximum atomic E-state index is 10.2. The standard InChI is InChI=1S/C21H24O9/c1-28-15-5-4-11(2-3-12-6-13(23)9-14(24)7-12)8-16(15)29-21-20(27)19(26)18(25)17(10-22)30-21/h2-9,17-27H,10H2,1H3/t17-,18-,19+,20-,21?/m1/s1. The van der Waals surface area contributed by atoms with Crippen LogP contribution in [0.2, 0.25) is 0 Å². The molecule has 0 spiro atoms. The Morgan fingerprint density at radius 2 is 1.53 bits per heavy atom. The van der Waals surface area contributed by atoms with Crippen LogP contribution < -0.4 is 9.47 Å². The van der Waals surface area contributed by atoms with Crippen molar-refractivity contribution in [2.45, 2.75) is 30.7 Å². The Labute approximate surface area is 172 Å². The van der Waals surface area contributed by atoms with Crippen LogP contribution in [0.4, 0.5) is 0 Å². The van der Waals surface area contributed by atoms with Crippen molar-refractivity contribution in [2.24, 2.45) is 0 Å². The zero-order chi connectivity index (χ0) is 21.8. The predicted molar refractivity (Wildman–Crippen MR) is 106 cm³/mol. The number of hydrogen-bond acceptors (Lipinski definition) is 9. The Morgan fingerprint density at radius 3 is 2.17 bits per heavy atom. The van der Waals surface area contributed by atoms with E-state index in [0.29, 0.717) is 16.9 Å². The second-order valence-corrected chi connectivity index (χ2v) is 6.84. The van der Waals surface area contributed by atoms with Gasteiger partial charge in [0.2, 0.25) is 6.29 Å². The maximum absolute atomic E-state index is 10.2. The third kappa shape index (κ3) is 4.84. The molecule has 2 aromatic carbocycles. The van der Waals surface area contributed by atoms with Crippen molar-refractivity contribution in [3.05, 3.63) is 47.5 Å². The van der Waals surface area contributed by atoms with Gasteiger partial charge in [0.05, 0.1) is 13.7 Å². The molecule has 1 fully saturated rings. The molecule has 0 saturated carbocycles. The van der Waals surface area contributed by atoms with E-state index < -0.39 is 37.3 Å². The van der Waals surface area contributed by atoms with Crippen molar-refractivity contribution in [2.75, 3.05) is 13.7 Å². The number of aliphatic hydroxyl groups is 4. The number of phenolic OH excluding ortho intramolecular Hbond substituents is 2. The summed E-state index contributed by atoms with van der Waals surface area (Å²) in [5.41, 5.74) is 1.23. The summed E-state index contributed by atoms with van der Waals surface area (Å²) in [6.07, 6.45) is -3.68. The van der Waals surface area contributed by atoms with Crippen molar-refractivity contribution < 1.29 is 44.8 Å². The molecule has 0 radical (unpaired) electrons. The second-order valence-electron chi connectivity index (χ2n) is 6.84. The molecule has 6 N–H and O–H groups in total. The Kier molecular flexibility index (Phi) is 6.80. The van der Waals surface area contributed by atoms with Gasteiger partial charge >= 0.3 is 0 Å². The number of phenols is 2. The quantitative estimate of drug-likeness (QED) is 0.366. The molecule has 0 amide bonds. The minimum atomic E-state index is -1.56. The minimum Gasteiger partial charge on any atom is -0.508 e. The number of ether oxygens (including phenoxy) is 3. The lowest BCUT2D eigenvalue weighted by Crippen LogP contribution is -2.60. The van der Waals surface area contributed by atoms with Crippen LogP contribution in [0.3, 0.4) is 0 Å². The first-order valence-electron chi connectivity index (χ1n) is 9.18. The number of hydrogen-bond donors (Lipinski definition) is 6. The van der Waals surface area contributed by atoms with Crippen LogP contribution >= 0.6 is 0 Å². The van der Waals surface area contributed by atoms with E-state index in [9.17, 15) is 30.6 Å². The van der Waals surface area contributed by atoms with Crippen LogP contribution in [0.15, 0.2) is 36.4 Å². The molecule has 1 aliphatic rings. The van der Waals surface area contributed by atoms with Gasteiger partial charge in [0, 0.05) is 6.07 Å². The first-order valence-corrected chi connectivity index (χ1v) is 9.18. The van der Waals surface area contributed by atoms with E-state index in [2.05, 4.69) is 0 Å². The molecule has 0 aliphatic carbocycles. The summed E-state index contributed by atoms with van der Waals surface area (Å²) in [6.45, 7) is -0.568. The third-order valence-corrected chi connectivity index (χ3v) is 4.67. The fourth-order valence-electron chi connectivity index (χ4n) is 3.09. The fourth-order valence-corrected chi connectivity index (χ4v) is 3.09. The molecule has 9 nitrogen and oxygen atoms in total. The lowest BCUT2D eigenvalue weighted by atomic mass is 9.99. The molecule has 1 saturated heterocycles. The van der Waals surface area contributed by atoms with Gasteiger partial charge in [-0.05, 0) is 35.4 Å². The van der Waals surface area contributed by atoms with E-state index in [1.807, 2.05) is 0 Å². The highest BCUT2D eigenvalue weighted by molar-refractivity contribution is 5.72. The lowest BCUT2D eigenvalue weighted by molar-refractivity contribution is -0.277. The van der Waals surface area contributed by atoms with Crippen LogP contribution in [-0.2, 0) is 4.74 Å². The molecule has 162 valence electrons. The zero-order valence-electron chi connectivity index (χ0n) is 16.1. The molecule has 0 bridgehead atoms. The summed E-state index contributed by atoms with van der Waals surface area (Å²) >= 11 is 0. The van der Waals surface area contributed by atoms with Crippen molar-refractivity contribution >= 4 is 12.2 Å². The summed E-state index contributed by atoms with van der Waals surface area (Å²) in [4.78, 5) is 0. The van der Waals surface area contributed by atoms with Crippen LogP contribution in [0.25, 0.3) is 12.2 Å². The van der Waals surface area contributed by atoms with E-state index in [0.717, 1.165) is 0 Å². The molecule has 1 unspecified atom stereocenters. The SMILES string of the molecule is COc1ccc(C=Cc2cc(O)cc(O)c2)cc1OC1O[C@H](CO)[C@@H](O)[C@H](O)[C@H]1O. The first-order chi connectivity index (χ1) is 14.3. The van der Waals surface area contributed by atoms with Gasteiger partial charge in [-0.3, -0.25) is 0 Å². The van der Waals surface area contributed by atoms with Crippen LogP contribution in [0.5, 0.6) is 23.0 Å². The fraction of sp³-hybridized carbons (Fsp3) is 0.333. The maximum Gasteiger partial charge on any atom is 0.229 e. The summed E-state index contributed by atoms with van der Waals surface area (Å²) in [7, 11) is 1.43. The molecule has 9 heteroatoms. The van der Waals surface area contributed by atoms with Gasteiger partial charge in [0.15, 0.2) is 11.5 Å². The number of aromatic hydroxyl groups is 2. The van der Waals surface area contributed by atoms with Crippen molar-refractivity contribution in [1.82, 2.24) is 0 Å². The van der Waals surface area contributed by atoms with Crippen LogP contribution in [0.1, 0.15) is 11.1 Å². The molecule has 30 heavy (non-hydrogen) atoms. The van der Waals surface area contributed by atoms with E-state index in [1.165, 1.54) is 25.3 Å². The van der Waals surface area contributed by atoms with Crippen LogP contribution in [-0.4, -0.2) is 75.1 Å². The summed E-state index contributed by atoms with van der Waals surface area (Å²) in [5, 5.41) is 58.4. The highest BCUT2D eigenvalue weighted by Gasteiger charge is 2.44. The number of methoxy groups -OCH3 is 1. The van der Waals surface area contributed by atoms with E-state index >= 15 is 0 Å². The Hall–Kier alpha value is -2.82. The average molecular weight is 420 g/mol. The highest BCUT2D eigenvalue weighted by atomic mass is 16.7. The summed E-state index contributed by atoms with van der Waals surface area (Å²) < 4.78 is 16.3. The second kappa shape index (κ2) is 9.33. The summed E-state index contributed by atoms with van der Waals surface area (Å²) in [5.74, 6) is 0.383. The van der Waals surface area contributed by atoms with Gasteiger partial charge in [0.25, 0.3) is 0 Å². The molecule has 2 aromatic rings. The van der Waals surface area contributed by atoms with Gasteiger partial charge in [-0.1, -0.05) is 18.2 Å². The normalized spacial score (nSPS) is 26.6. The molecular weight excluding hydrogens is 396 g/mol. The number of benzene rings is 2. The monoisotopic (exact) mass is 420 g/mol. The molecule has 0 aromatic heterocycles. The third-order valence-electron chi connectivity index (χ3n) is 4.67. The largest absolute Gasteiger partial charge is 0.508 e. The van der Waals surface area contributed by atoms with Crippen LogP contribution in [0, 0.1) is 0 Å². The Balaban J connectivity index is 1.83. The van der Waals surface area contributed by atoms with E-state index in [4.69, 9.17) is 14.2 Å². The molecule has 1 aliphatic heterocycles. The first kappa shape index (κ1) is 21.9. The van der Waals surface area contributed by atoms with Gasteiger partial charge in [0.1, 0.15) is 35.9 Å². The number of rotatable bonds is 6. The summed E-state index contributed by atoms with van der Waals surface area (Å²) in [6, 6.07) is 9.13. The van der Waals surface area contributed by atoms with Crippen molar-refractivity contribution in [3.8, 4) is 23.0 Å². The predicted octanol–water partition coefficient (Wildman–Crippen LogP) is 0.456. The number of aliphatic hydroxyl groups excluding tert-OH is 4.